The number of nitrogens with zero attached hydrogens (tertiary/aromatic N) is 5. The molecule has 3 aromatic heterocycles. The number of fused-ring (bicyclic) bond motifs is 2. The van der Waals surface area contributed by atoms with E-state index >= 15 is 0 Å². The second-order valence-corrected chi connectivity index (χ2v) is 7.69. The Hall–Kier alpha value is -2.57. The Labute approximate surface area is 168 Å². The van der Waals surface area contributed by atoms with Crippen molar-refractivity contribution in [2.45, 2.75) is 35.3 Å². The van der Waals surface area contributed by atoms with Gasteiger partial charge < -0.3 is 24.6 Å². The van der Waals surface area contributed by atoms with E-state index in [2.05, 4.69) is 20.1 Å². The third-order valence-corrected chi connectivity index (χ3v) is 5.96. The number of rotatable bonds is 5. The number of hydrogen-bond acceptors (Lipinski definition) is 10. The summed E-state index contributed by atoms with van der Waals surface area (Å²) in [6, 6.07) is 5.89. The highest BCUT2D eigenvalue weighted by molar-refractivity contribution is 7.98. The number of aromatic nitrogens is 5. The average molecular weight is 415 g/mol. The van der Waals surface area contributed by atoms with Gasteiger partial charge in [0.2, 0.25) is 0 Å². The number of hydrogen-bond donors (Lipinski definition) is 3. The third kappa shape index (κ3) is 3.16. The van der Waals surface area contributed by atoms with Gasteiger partial charge in [-0.3, -0.25) is 4.57 Å². The highest BCUT2D eigenvalue weighted by Gasteiger charge is 2.44. The second kappa shape index (κ2) is 7.35. The molecule has 5 rings (SSSR count). The van der Waals surface area contributed by atoms with Crippen LogP contribution in [0.1, 0.15) is 11.8 Å². The normalized spacial score (nSPS) is 24.7. The summed E-state index contributed by atoms with van der Waals surface area (Å²) in [5.74, 6) is 0.661. The molecule has 1 aliphatic rings. The lowest BCUT2D eigenvalue weighted by molar-refractivity contribution is -0.0511. The van der Waals surface area contributed by atoms with Crippen molar-refractivity contribution in [2.24, 2.45) is 0 Å². The minimum atomic E-state index is -1.20. The first kappa shape index (κ1) is 18.5. The predicted octanol–water partition coefficient (Wildman–Crippen LogP) is 0.871. The first-order valence-corrected chi connectivity index (χ1v) is 9.90. The van der Waals surface area contributed by atoms with Crippen molar-refractivity contribution in [3.63, 3.8) is 0 Å². The zero-order valence-electron chi connectivity index (χ0n) is 15.0. The van der Waals surface area contributed by atoms with Crippen LogP contribution in [0, 0.1) is 0 Å². The number of aliphatic hydroxyl groups excluding tert-OH is 3. The molecule has 0 saturated carbocycles. The smallest absolute Gasteiger partial charge is 0.166 e. The predicted molar refractivity (Wildman–Crippen MR) is 102 cm³/mol. The summed E-state index contributed by atoms with van der Waals surface area (Å²) in [6.45, 7) is -0.395. The van der Waals surface area contributed by atoms with E-state index in [-0.39, 0.29) is 0 Å². The van der Waals surface area contributed by atoms with Gasteiger partial charge in [-0.25, -0.2) is 15.0 Å². The maximum atomic E-state index is 10.3. The van der Waals surface area contributed by atoms with Gasteiger partial charge >= 0.3 is 0 Å². The molecule has 0 spiro atoms. The molecule has 150 valence electrons. The fourth-order valence-corrected chi connectivity index (χ4v) is 4.28. The van der Waals surface area contributed by atoms with Crippen LogP contribution in [-0.2, 0) is 10.5 Å². The van der Waals surface area contributed by atoms with Crippen molar-refractivity contribution >= 4 is 33.8 Å². The minimum Gasteiger partial charge on any atom is -0.394 e. The topological polar surface area (TPSA) is 140 Å². The van der Waals surface area contributed by atoms with Crippen LogP contribution in [0.5, 0.6) is 0 Å². The van der Waals surface area contributed by atoms with E-state index in [1.54, 1.807) is 10.8 Å². The van der Waals surface area contributed by atoms with Crippen LogP contribution in [0.2, 0.25) is 0 Å². The summed E-state index contributed by atoms with van der Waals surface area (Å²) in [6.07, 6.45) is 0.373. The van der Waals surface area contributed by atoms with Gasteiger partial charge in [0.25, 0.3) is 0 Å². The van der Waals surface area contributed by atoms with E-state index in [0.29, 0.717) is 21.9 Å². The minimum absolute atomic E-state index is 0.395. The molecule has 4 heterocycles. The van der Waals surface area contributed by atoms with Crippen molar-refractivity contribution in [3.05, 3.63) is 42.7 Å². The van der Waals surface area contributed by atoms with Crippen LogP contribution >= 0.6 is 11.8 Å². The molecular formula is C18H17N5O5S. The molecule has 1 fully saturated rings. The Bertz CT molecular complexity index is 1160. The lowest BCUT2D eigenvalue weighted by atomic mass is 10.1. The third-order valence-electron chi connectivity index (χ3n) is 4.91. The van der Waals surface area contributed by atoms with Crippen LogP contribution in [0.4, 0.5) is 0 Å². The Morgan fingerprint density at radius 2 is 2.03 bits per heavy atom. The monoisotopic (exact) mass is 415 g/mol. The van der Waals surface area contributed by atoms with Crippen LogP contribution in [0.25, 0.3) is 22.1 Å². The van der Waals surface area contributed by atoms with Gasteiger partial charge in [-0.2, -0.15) is 0 Å². The summed E-state index contributed by atoms with van der Waals surface area (Å²) >= 11 is 1.51. The Morgan fingerprint density at radius 3 is 2.86 bits per heavy atom. The number of aliphatic hydroxyl groups is 3. The Morgan fingerprint density at radius 1 is 1.14 bits per heavy atom. The number of ether oxygens (including phenoxy) is 1. The van der Waals surface area contributed by atoms with E-state index < -0.39 is 31.1 Å². The molecule has 0 bridgehead atoms. The van der Waals surface area contributed by atoms with Gasteiger partial charge in [-0.15, -0.1) is 0 Å². The standard InChI is InChI=1S/C18H17N5O5S/c24-4-12-14(25)15(26)18(28-12)23-8-21-13-16(23)19-7-20-17(13)29-6-9-1-2-11-10(3-9)5-27-22-11/h1-3,5,7-8,12,14-15,18,24-26H,4,6H2. The fourth-order valence-electron chi connectivity index (χ4n) is 3.40. The molecule has 0 radical (unpaired) electrons. The van der Waals surface area contributed by atoms with Crippen LogP contribution in [-0.4, -0.2) is 64.9 Å². The summed E-state index contributed by atoms with van der Waals surface area (Å²) in [5, 5.41) is 35.1. The molecule has 4 unspecified atom stereocenters. The molecule has 10 nitrogen and oxygen atoms in total. The Kier molecular flexibility index (Phi) is 4.68. The first-order chi connectivity index (χ1) is 14.2. The number of imidazole rings is 1. The Balaban J connectivity index is 1.41. The summed E-state index contributed by atoms with van der Waals surface area (Å²) in [5.41, 5.74) is 2.94. The van der Waals surface area contributed by atoms with E-state index in [0.717, 1.165) is 16.5 Å². The maximum Gasteiger partial charge on any atom is 0.166 e. The SMILES string of the molecule is OCC1OC(n2cnc3c(SCc4ccc5nocc5c4)ncnc32)C(O)C1O. The number of thioether (sulfide) groups is 1. The molecule has 1 aliphatic heterocycles. The quantitative estimate of drug-likeness (QED) is 0.318. The zero-order chi connectivity index (χ0) is 20.0. The summed E-state index contributed by atoms with van der Waals surface area (Å²) < 4.78 is 12.1. The van der Waals surface area contributed by atoms with Gasteiger partial charge in [0.1, 0.15) is 47.0 Å². The molecule has 1 aromatic carbocycles. The zero-order valence-corrected chi connectivity index (χ0v) is 15.8. The van der Waals surface area contributed by atoms with Gasteiger partial charge in [0, 0.05) is 11.1 Å². The van der Waals surface area contributed by atoms with Gasteiger partial charge in [0.15, 0.2) is 11.9 Å². The van der Waals surface area contributed by atoms with Crippen molar-refractivity contribution in [2.75, 3.05) is 6.61 Å². The van der Waals surface area contributed by atoms with Gasteiger partial charge in [-0.1, -0.05) is 23.0 Å². The van der Waals surface area contributed by atoms with E-state index in [1.165, 1.54) is 24.4 Å². The van der Waals surface area contributed by atoms with E-state index in [9.17, 15) is 15.3 Å². The molecule has 0 amide bonds. The molecule has 4 aromatic rings. The van der Waals surface area contributed by atoms with Crippen LogP contribution in [0.3, 0.4) is 0 Å². The average Bonchev–Trinajstić information content (AvgIpc) is 3.44. The lowest BCUT2D eigenvalue weighted by Crippen LogP contribution is -2.33. The molecule has 3 N–H and O–H groups in total. The highest BCUT2D eigenvalue weighted by Crippen LogP contribution is 2.33. The molecule has 11 heteroatoms. The summed E-state index contributed by atoms with van der Waals surface area (Å²) in [4.78, 5) is 13.0. The first-order valence-electron chi connectivity index (χ1n) is 8.91. The fraction of sp³-hybridized carbons (Fsp3) is 0.333. The van der Waals surface area contributed by atoms with Crippen molar-refractivity contribution in [1.29, 1.82) is 0 Å². The van der Waals surface area contributed by atoms with Crippen LogP contribution in [0.15, 0.2) is 46.7 Å². The second-order valence-electron chi connectivity index (χ2n) is 6.73. The van der Waals surface area contributed by atoms with Gasteiger partial charge in [0.05, 0.1) is 12.9 Å². The molecule has 0 aliphatic carbocycles. The highest BCUT2D eigenvalue weighted by atomic mass is 32.2. The molecule has 4 atom stereocenters. The lowest BCUT2D eigenvalue weighted by Gasteiger charge is -2.16. The van der Waals surface area contributed by atoms with Gasteiger partial charge in [-0.05, 0) is 17.7 Å². The molecular weight excluding hydrogens is 398 g/mol. The largest absolute Gasteiger partial charge is 0.394 e. The number of benzene rings is 1. The maximum absolute atomic E-state index is 10.3. The molecule has 29 heavy (non-hydrogen) atoms. The molecule has 1 saturated heterocycles. The summed E-state index contributed by atoms with van der Waals surface area (Å²) in [7, 11) is 0. The van der Waals surface area contributed by atoms with Crippen molar-refractivity contribution in [3.8, 4) is 0 Å². The van der Waals surface area contributed by atoms with E-state index in [4.69, 9.17) is 9.26 Å². The van der Waals surface area contributed by atoms with Crippen LogP contribution < -0.4 is 0 Å². The van der Waals surface area contributed by atoms with Crippen molar-refractivity contribution in [1.82, 2.24) is 24.7 Å². The van der Waals surface area contributed by atoms with Crippen molar-refractivity contribution < 1.29 is 24.6 Å². The van der Waals surface area contributed by atoms with E-state index in [1.807, 2.05) is 18.2 Å².